The molecule has 2 aliphatic heterocycles. The van der Waals surface area contributed by atoms with Crippen LogP contribution in [-0.2, 0) is 4.79 Å². The molecule has 2 saturated heterocycles. The summed E-state index contributed by atoms with van der Waals surface area (Å²) < 4.78 is 0. The number of piperidine rings is 1. The summed E-state index contributed by atoms with van der Waals surface area (Å²) in [6, 6.07) is -0.373. The lowest BCUT2D eigenvalue weighted by Gasteiger charge is -2.42. The fraction of sp³-hybridized carbons (Fsp3) is 0.588. The Morgan fingerprint density at radius 1 is 1.27 bits per heavy atom. The lowest BCUT2D eigenvalue weighted by atomic mass is 9.85. The predicted molar refractivity (Wildman–Crippen MR) is 92.5 cm³/mol. The number of nitrogens with zero attached hydrogens (tertiary/aromatic N) is 3. The smallest absolute Gasteiger partial charge is 0.325 e. The first kappa shape index (κ1) is 18.1. The van der Waals surface area contributed by atoms with Gasteiger partial charge in [0.2, 0.25) is 0 Å². The number of carbonyl (C=O) groups excluding carboxylic acids is 3. The van der Waals surface area contributed by atoms with E-state index in [-0.39, 0.29) is 23.4 Å². The van der Waals surface area contributed by atoms with Crippen LogP contribution in [0.2, 0.25) is 0 Å². The van der Waals surface area contributed by atoms with Gasteiger partial charge >= 0.3 is 6.03 Å². The number of nitrogens with one attached hydrogen (secondary N) is 2. The van der Waals surface area contributed by atoms with E-state index in [1.165, 1.54) is 11.1 Å². The van der Waals surface area contributed by atoms with Gasteiger partial charge in [-0.05, 0) is 25.7 Å². The fourth-order valence-electron chi connectivity index (χ4n) is 3.60. The maximum absolute atomic E-state index is 12.6. The van der Waals surface area contributed by atoms with Crippen LogP contribution in [0.5, 0.6) is 0 Å². The SMILES string of the molecule is Cc1ncc(C(=O)N2CCC3(CC2)C(=O)NC(=O)N3CC(C)C)c(=O)[nH]1. The van der Waals surface area contributed by atoms with Crippen molar-refractivity contribution in [1.29, 1.82) is 0 Å². The Hall–Kier alpha value is -2.71. The minimum absolute atomic E-state index is 0.0162. The molecule has 0 aliphatic carbocycles. The van der Waals surface area contributed by atoms with Gasteiger partial charge in [-0.2, -0.15) is 0 Å². The molecule has 2 N–H and O–H groups in total. The average Bonchev–Trinajstić information content (AvgIpc) is 2.79. The van der Waals surface area contributed by atoms with Crippen molar-refractivity contribution in [3.8, 4) is 0 Å². The zero-order valence-corrected chi connectivity index (χ0v) is 15.2. The van der Waals surface area contributed by atoms with Crippen molar-refractivity contribution in [2.45, 2.75) is 39.2 Å². The van der Waals surface area contributed by atoms with Crippen LogP contribution in [0.1, 0.15) is 42.9 Å². The van der Waals surface area contributed by atoms with Crippen LogP contribution in [0.3, 0.4) is 0 Å². The third-order valence-electron chi connectivity index (χ3n) is 4.99. The number of aryl methyl sites for hydroxylation is 1. The van der Waals surface area contributed by atoms with Gasteiger partial charge in [0.05, 0.1) is 0 Å². The number of carbonyl (C=O) groups is 3. The summed E-state index contributed by atoms with van der Waals surface area (Å²) in [7, 11) is 0. The molecule has 2 aliphatic rings. The molecule has 0 aromatic carbocycles. The number of imide groups is 1. The standard InChI is InChI=1S/C17H23N5O4/c1-10(2)9-22-16(26)20-15(25)17(22)4-6-21(7-5-17)14(24)12-8-18-11(3)19-13(12)23/h8,10H,4-7,9H2,1-3H3,(H,18,19,23)(H,20,25,26). The largest absolute Gasteiger partial charge is 0.338 e. The Morgan fingerprint density at radius 3 is 2.50 bits per heavy atom. The summed E-state index contributed by atoms with van der Waals surface area (Å²) in [4.78, 5) is 58.9. The van der Waals surface area contributed by atoms with Crippen molar-refractivity contribution in [2.24, 2.45) is 5.92 Å². The summed E-state index contributed by atoms with van der Waals surface area (Å²) in [6.45, 7) is 6.67. The van der Waals surface area contributed by atoms with Gasteiger partial charge in [0.25, 0.3) is 17.4 Å². The number of likely N-dealkylation sites (tertiary alicyclic amines) is 1. The molecule has 0 unspecified atom stereocenters. The van der Waals surface area contributed by atoms with Crippen molar-refractivity contribution in [1.82, 2.24) is 25.1 Å². The van der Waals surface area contributed by atoms with E-state index in [1.54, 1.807) is 11.8 Å². The first-order valence-corrected chi connectivity index (χ1v) is 8.73. The Morgan fingerprint density at radius 2 is 1.92 bits per heavy atom. The first-order chi connectivity index (χ1) is 12.2. The van der Waals surface area contributed by atoms with Crippen LogP contribution in [0, 0.1) is 12.8 Å². The number of H-pyrrole nitrogens is 1. The van der Waals surface area contributed by atoms with E-state index < -0.39 is 17.0 Å². The number of rotatable bonds is 3. The topological polar surface area (TPSA) is 115 Å². The summed E-state index contributed by atoms with van der Waals surface area (Å²) in [5.41, 5.74) is -1.40. The number of hydrogen-bond donors (Lipinski definition) is 2. The molecule has 0 saturated carbocycles. The molecule has 9 heteroatoms. The quantitative estimate of drug-likeness (QED) is 0.750. The second kappa shape index (κ2) is 6.54. The number of amides is 4. The lowest BCUT2D eigenvalue weighted by molar-refractivity contribution is -0.129. The van der Waals surface area contributed by atoms with E-state index in [1.807, 2.05) is 13.8 Å². The molecule has 0 atom stereocenters. The van der Waals surface area contributed by atoms with Crippen LogP contribution < -0.4 is 10.9 Å². The maximum atomic E-state index is 12.6. The minimum atomic E-state index is -0.907. The molecule has 1 spiro atoms. The Balaban J connectivity index is 1.77. The van der Waals surface area contributed by atoms with E-state index in [0.717, 1.165) is 0 Å². The summed E-state index contributed by atoms with van der Waals surface area (Å²) >= 11 is 0. The van der Waals surface area contributed by atoms with Gasteiger partial charge in [0.1, 0.15) is 16.9 Å². The molecule has 3 heterocycles. The monoisotopic (exact) mass is 361 g/mol. The molecule has 0 bridgehead atoms. The molecule has 1 aromatic heterocycles. The van der Waals surface area contributed by atoms with Gasteiger partial charge in [0, 0.05) is 25.8 Å². The van der Waals surface area contributed by atoms with Gasteiger partial charge in [-0.1, -0.05) is 13.8 Å². The fourth-order valence-corrected chi connectivity index (χ4v) is 3.60. The van der Waals surface area contributed by atoms with E-state index in [9.17, 15) is 19.2 Å². The lowest BCUT2D eigenvalue weighted by Crippen LogP contribution is -2.58. The van der Waals surface area contributed by atoms with Crippen LogP contribution in [0.4, 0.5) is 4.79 Å². The minimum Gasteiger partial charge on any atom is -0.338 e. The Bertz CT molecular complexity index is 808. The van der Waals surface area contributed by atoms with Gasteiger partial charge in [-0.15, -0.1) is 0 Å². The molecular formula is C17H23N5O4. The highest BCUT2D eigenvalue weighted by Gasteiger charge is 2.54. The van der Waals surface area contributed by atoms with Gasteiger partial charge < -0.3 is 14.8 Å². The predicted octanol–water partition coefficient (Wildman–Crippen LogP) is 0.261. The molecule has 140 valence electrons. The summed E-state index contributed by atoms with van der Waals surface area (Å²) in [5.74, 6) is -0.0474. The molecular weight excluding hydrogens is 338 g/mol. The number of aromatic amines is 1. The highest BCUT2D eigenvalue weighted by Crippen LogP contribution is 2.34. The molecule has 3 rings (SSSR count). The zero-order valence-electron chi connectivity index (χ0n) is 15.2. The summed E-state index contributed by atoms with van der Waals surface area (Å²) in [5, 5.41) is 2.40. The number of aromatic nitrogens is 2. The highest BCUT2D eigenvalue weighted by atomic mass is 16.2. The average molecular weight is 361 g/mol. The van der Waals surface area contributed by atoms with E-state index >= 15 is 0 Å². The van der Waals surface area contributed by atoms with E-state index in [2.05, 4.69) is 15.3 Å². The molecule has 4 amide bonds. The first-order valence-electron chi connectivity index (χ1n) is 8.73. The van der Waals surface area contributed by atoms with E-state index in [4.69, 9.17) is 0 Å². The third kappa shape index (κ3) is 2.97. The maximum Gasteiger partial charge on any atom is 0.325 e. The molecule has 26 heavy (non-hydrogen) atoms. The van der Waals surface area contributed by atoms with Crippen LogP contribution in [0.25, 0.3) is 0 Å². The third-order valence-corrected chi connectivity index (χ3v) is 4.99. The van der Waals surface area contributed by atoms with Crippen molar-refractivity contribution >= 4 is 17.8 Å². The van der Waals surface area contributed by atoms with Crippen molar-refractivity contribution in [3.05, 3.63) is 27.9 Å². The van der Waals surface area contributed by atoms with Crippen LogP contribution in [-0.4, -0.2) is 62.8 Å². The second-order valence-electron chi connectivity index (χ2n) is 7.30. The Labute approximate surface area is 150 Å². The molecule has 2 fully saturated rings. The van der Waals surface area contributed by atoms with Crippen molar-refractivity contribution in [3.63, 3.8) is 0 Å². The molecule has 9 nitrogen and oxygen atoms in total. The van der Waals surface area contributed by atoms with Crippen molar-refractivity contribution in [2.75, 3.05) is 19.6 Å². The number of urea groups is 1. The van der Waals surface area contributed by atoms with Crippen LogP contribution in [0.15, 0.2) is 11.0 Å². The van der Waals surface area contributed by atoms with Gasteiger partial charge in [-0.25, -0.2) is 9.78 Å². The molecule has 0 radical (unpaired) electrons. The normalized spacial score (nSPS) is 19.4. The second-order valence-corrected chi connectivity index (χ2v) is 7.30. The van der Waals surface area contributed by atoms with Gasteiger partial charge in [0.15, 0.2) is 0 Å². The highest BCUT2D eigenvalue weighted by molar-refractivity contribution is 6.07. The summed E-state index contributed by atoms with van der Waals surface area (Å²) in [6.07, 6.45) is 1.97. The van der Waals surface area contributed by atoms with Crippen molar-refractivity contribution < 1.29 is 14.4 Å². The van der Waals surface area contributed by atoms with Gasteiger partial charge in [-0.3, -0.25) is 19.7 Å². The van der Waals surface area contributed by atoms with Crippen LogP contribution >= 0.6 is 0 Å². The van der Waals surface area contributed by atoms with E-state index in [0.29, 0.717) is 38.3 Å². The zero-order chi connectivity index (χ0) is 19.1. The Kier molecular flexibility index (Phi) is 4.55. The molecule has 1 aromatic rings. The number of hydrogen-bond acceptors (Lipinski definition) is 5.